The van der Waals surface area contributed by atoms with Gasteiger partial charge >= 0.3 is 5.97 Å². The summed E-state index contributed by atoms with van der Waals surface area (Å²) in [6, 6.07) is 9.23. The lowest BCUT2D eigenvalue weighted by atomic mass is 9.95. The number of carbonyl (C=O) groups excluding carboxylic acids is 1. The van der Waals surface area contributed by atoms with E-state index in [-0.39, 0.29) is 23.3 Å². The number of rotatable bonds is 3. The lowest BCUT2D eigenvalue weighted by Crippen LogP contribution is -2.04. The van der Waals surface area contributed by atoms with Crippen LogP contribution < -0.4 is 0 Å². The van der Waals surface area contributed by atoms with Crippen molar-refractivity contribution in [2.24, 2.45) is 0 Å². The van der Waals surface area contributed by atoms with Crippen LogP contribution in [-0.4, -0.2) is 27.2 Å². The number of hydrogen-bond acceptors (Lipinski definition) is 5. The summed E-state index contributed by atoms with van der Waals surface area (Å²) in [5.41, 5.74) is 0.654. The van der Waals surface area contributed by atoms with Gasteiger partial charge < -0.3 is 4.74 Å². The van der Waals surface area contributed by atoms with Crippen molar-refractivity contribution < 1.29 is 26.7 Å². The van der Waals surface area contributed by atoms with Crippen LogP contribution in [-0.2, 0) is 19.4 Å². The largest absolute Gasteiger partial charge is 0.457 e. The van der Waals surface area contributed by atoms with Gasteiger partial charge in [-0.3, -0.25) is 0 Å². The highest BCUT2D eigenvalue weighted by atomic mass is 32.2. The number of carbonyl (C=O) groups is 1. The van der Waals surface area contributed by atoms with Crippen LogP contribution in [0, 0.1) is 23.0 Å². The second kappa shape index (κ2) is 6.35. The first-order chi connectivity index (χ1) is 12.2. The summed E-state index contributed by atoms with van der Waals surface area (Å²) in [5.74, 6) is -2.81. The third kappa shape index (κ3) is 3.09. The summed E-state index contributed by atoms with van der Waals surface area (Å²) in [7, 11) is -3.94. The average molecular weight is 375 g/mol. The molecule has 2 aromatic carbocycles. The van der Waals surface area contributed by atoms with Gasteiger partial charge in [-0.2, -0.15) is 5.26 Å². The van der Waals surface area contributed by atoms with Gasteiger partial charge in [0.1, 0.15) is 23.1 Å². The number of esters is 1. The zero-order valence-electron chi connectivity index (χ0n) is 13.4. The number of nitriles is 1. The molecule has 1 aliphatic rings. The van der Waals surface area contributed by atoms with E-state index in [2.05, 4.69) is 0 Å². The molecule has 0 aromatic heterocycles. The molecule has 0 saturated carbocycles. The minimum Gasteiger partial charge on any atom is -0.457 e. The fraction of sp³-hybridized carbons (Fsp3) is 0.111. The van der Waals surface area contributed by atoms with Crippen LogP contribution in [0.15, 0.2) is 41.3 Å². The first kappa shape index (κ1) is 17.8. The highest BCUT2D eigenvalue weighted by Crippen LogP contribution is 2.35. The van der Waals surface area contributed by atoms with Crippen molar-refractivity contribution in [3.63, 3.8) is 0 Å². The zero-order valence-corrected chi connectivity index (χ0v) is 14.2. The molecule has 0 radical (unpaired) electrons. The molecule has 0 spiro atoms. The molecule has 0 N–H and O–H groups in total. The predicted octanol–water partition coefficient (Wildman–Crippen LogP) is 2.71. The summed E-state index contributed by atoms with van der Waals surface area (Å²) < 4.78 is 56.6. The Balaban J connectivity index is 2.20. The van der Waals surface area contributed by atoms with Crippen LogP contribution in [0.25, 0.3) is 11.1 Å². The standard InChI is InChI=1S/C18H11F2NO4S/c1-26(23,24)16-7-14(19)12(6-15(16)20)13-9-25-18(22)17(13)11-4-2-10(8-21)3-5-11/h2-7H,9H2,1H3. The minimum absolute atomic E-state index is 0.0416. The fourth-order valence-electron chi connectivity index (χ4n) is 2.67. The van der Waals surface area contributed by atoms with E-state index in [1.807, 2.05) is 6.07 Å². The summed E-state index contributed by atoms with van der Waals surface area (Å²) in [6.45, 7) is -0.275. The van der Waals surface area contributed by atoms with E-state index in [1.165, 1.54) is 24.3 Å². The zero-order chi connectivity index (χ0) is 19.1. The molecule has 0 amide bonds. The molecule has 2 aromatic rings. The molecule has 0 bridgehead atoms. The smallest absolute Gasteiger partial charge is 0.339 e. The van der Waals surface area contributed by atoms with Gasteiger partial charge in [-0.15, -0.1) is 0 Å². The van der Waals surface area contributed by atoms with Crippen molar-refractivity contribution >= 4 is 27.0 Å². The Morgan fingerprint density at radius 2 is 1.77 bits per heavy atom. The number of halogens is 2. The van der Waals surface area contributed by atoms with E-state index < -0.39 is 32.3 Å². The second-order valence-electron chi connectivity index (χ2n) is 5.65. The Kier molecular flexibility index (Phi) is 4.34. The highest BCUT2D eigenvalue weighted by molar-refractivity contribution is 7.90. The van der Waals surface area contributed by atoms with E-state index in [0.717, 1.165) is 12.3 Å². The Bertz CT molecular complexity index is 1100. The quantitative estimate of drug-likeness (QED) is 0.770. The predicted molar refractivity (Wildman–Crippen MR) is 88.4 cm³/mol. The van der Waals surface area contributed by atoms with Crippen LogP contribution in [0.2, 0.25) is 0 Å². The SMILES string of the molecule is CS(=O)(=O)c1cc(F)c(C2=C(c3ccc(C#N)cc3)C(=O)OC2)cc1F. The molecule has 1 aliphatic heterocycles. The second-order valence-corrected chi connectivity index (χ2v) is 7.64. The van der Waals surface area contributed by atoms with Crippen LogP contribution in [0.5, 0.6) is 0 Å². The average Bonchev–Trinajstić information content (AvgIpc) is 2.97. The molecule has 0 fully saturated rings. The molecule has 5 nitrogen and oxygen atoms in total. The summed E-state index contributed by atoms with van der Waals surface area (Å²) in [6.07, 6.45) is 0.772. The molecular weight excluding hydrogens is 364 g/mol. The lowest BCUT2D eigenvalue weighted by Gasteiger charge is -2.09. The van der Waals surface area contributed by atoms with Gasteiger partial charge in [0.2, 0.25) is 0 Å². The highest BCUT2D eigenvalue weighted by Gasteiger charge is 2.30. The van der Waals surface area contributed by atoms with Crippen LogP contribution in [0.3, 0.4) is 0 Å². The van der Waals surface area contributed by atoms with Gasteiger partial charge in [0.25, 0.3) is 0 Å². The van der Waals surface area contributed by atoms with Crippen LogP contribution >= 0.6 is 0 Å². The van der Waals surface area contributed by atoms with Gasteiger partial charge in [0.15, 0.2) is 9.84 Å². The van der Waals surface area contributed by atoms with E-state index >= 15 is 0 Å². The van der Waals surface area contributed by atoms with Crippen LogP contribution in [0.1, 0.15) is 16.7 Å². The van der Waals surface area contributed by atoms with Gasteiger partial charge in [0, 0.05) is 17.4 Å². The molecule has 26 heavy (non-hydrogen) atoms. The molecule has 132 valence electrons. The molecule has 8 heteroatoms. The molecule has 0 unspecified atom stereocenters. The molecule has 0 aliphatic carbocycles. The molecular formula is C18H11F2NO4S. The maximum absolute atomic E-state index is 14.5. The summed E-state index contributed by atoms with van der Waals surface area (Å²) in [4.78, 5) is 11.3. The van der Waals surface area contributed by atoms with Gasteiger partial charge in [-0.25, -0.2) is 22.0 Å². The first-order valence-corrected chi connectivity index (χ1v) is 9.22. The van der Waals surface area contributed by atoms with Gasteiger partial charge in [0.05, 0.1) is 17.2 Å². The van der Waals surface area contributed by atoms with Gasteiger partial charge in [-0.05, 0) is 29.8 Å². The normalized spacial score (nSPS) is 14.3. The Morgan fingerprint density at radius 1 is 1.12 bits per heavy atom. The maximum atomic E-state index is 14.5. The number of hydrogen-bond donors (Lipinski definition) is 0. The molecule has 0 saturated heterocycles. The Morgan fingerprint density at radius 3 is 2.35 bits per heavy atom. The fourth-order valence-corrected chi connectivity index (χ4v) is 3.40. The number of ether oxygens (including phenoxy) is 1. The van der Waals surface area contributed by atoms with Crippen LogP contribution in [0.4, 0.5) is 8.78 Å². The lowest BCUT2D eigenvalue weighted by molar-refractivity contribution is -0.133. The maximum Gasteiger partial charge on any atom is 0.339 e. The topological polar surface area (TPSA) is 84.2 Å². The molecule has 1 heterocycles. The number of sulfone groups is 1. The third-order valence-electron chi connectivity index (χ3n) is 3.90. The monoisotopic (exact) mass is 375 g/mol. The van der Waals surface area contributed by atoms with E-state index in [4.69, 9.17) is 10.00 Å². The molecule has 3 rings (SSSR count). The van der Waals surface area contributed by atoms with Crippen molar-refractivity contribution in [1.82, 2.24) is 0 Å². The van der Waals surface area contributed by atoms with Crippen molar-refractivity contribution in [2.75, 3.05) is 12.9 Å². The van der Waals surface area contributed by atoms with Crippen molar-refractivity contribution in [3.8, 4) is 6.07 Å². The number of benzene rings is 2. The minimum atomic E-state index is -3.94. The third-order valence-corrected chi connectivity index (χ3v) is 5.01. The number of cyclic esters (lactones) is 1. The van der Waals surface area contributed by atoms with E-state index in [9.17, 15) is 22.0 Å². The molecule has 0 atom stereocenters. The Hall–Kier alpha value is -3.05. The Labute approximate surface area is 148 Å². The van der Waals surface area contributed by atoms with E-state index in [0.29, 0.717) is 17.2 Å². The summed E-state index contributed by atoms with van der Waals surface area (Å²) >= 11 is 0. The summed E-state index contributed by atoms with van der Waals surface area (Å²) in [5, 5.41) is 8.84. The van der Waals surface area contributed by atoms with E-state index in [1.54, 1.807) is 0 Å². The van der Waals surface area contributed by atoms with Crippen molar-refractivity contribution in [2.45, 2.75) is 4.90 Å². The van der Waals surface area contributed by atoms with Crippen molar-refractivity contribution in [3.05, 3.63) is 64.7 Å². The number of nitrogens with zero attached hydrogens (tertiary/aromatic N) is 1. The van der Waals surface area contributed by atoms with Crippen molar-refractivity contribution in [1.29, 1.82) is 5.26 Å². The van der Waals surface area contributed by atoms with Gasteiger partial charge in [-0.1, -0.05) is 12.1 Å². The first-order valence-electron chi connectivity index (χ1n) is 7.32.